The number of hydrogen-bond acceptors (Lipinski definition) is 4. The molecule has 0 amide bonds. The molecule has 1 atom stereocenters. The van der Waals surface area contributed by atoms with Gasteiger partial charge in [0.1, 0.15) is 0 Å². The van der Waals surface area contributed by atoms with Gasteiger partial charge in [-0.2, -0.15) is 0 Å². The molecule has 1 aromatic rings. The van der Waals surface area contributed by atoms with Crippen molar-refractivity contribution in [2.75, 3.05) is 34.4 Å². The Bertz CT molecular complexity index is 392. The predicted molar refractivity (Wildman–Crippen MR) is 74.9 cm³/mol. The van der Waals surface area contributed by atoms with Crippen molar-refractivity contribution in [3.63, 3.8) is 0 Å². The molecule has 1 aromatic carbocycles. The first-order chi connectivity index (χ1) is 9.06. The van der Waals surface area contributed by atoms with E-state index >= 15 is 0 Å². The van der Waals surface area contributed by atoms with Gasteiger partial charge in [-0.25, -0.2) is 0 Å². The van der Waals surface area contributed by atoms with E-state index in [2.05, 4.69) is 0 Å². The summed E-state index contributed by atoms with van der Waals surface area (Å²) in [5.74, 6) is -0.211. The third-order valence-corrected chi connectivity index (χ3v) is 3.29. The molecule has 0 heterocycles. The molecule has 0 saturated carbocycles. The van der Waals surface area contributed by atoms with Gasteiger partial charge < -0.3 is 9.47 Å². The van der Waals surface area contributed by atoms with Crippen molar-refractivity contribution >= 4 is 5.97 Å². The van der Waals surface area contributed by atoms with Crippen LogP contribution in [-0.4, -0.2) is 45.3 Å². The molecule has 0 N–H and O–H groups in total. The lowest BCUT2D eigenvalue weighted by molar-refractivity contribution is -0.147. The van der Waals surface area contributed by atoms with Gasteiger partial charge in [-0.3, -0.25) is 9.69 Å². The van der Waals surface area contributed by atoms with E-state index in [0.29, 0.717) is 13.2 Å². The second-order valence-corrected chi connectivity index (χ2v) is 4.71. The normalized spacial score (nSPS) is 14.2. The van der Waals surface area contributed by atoms with Crippen LogP contribution in [0.15, 0.2) is 30.3 Å². The molecule has 0 aliphatic heterocycles. The molecular formula is C15H23NO3. The average Bonchev–Trinajstić information content (AvgIpc) is 2.39. The van der Waals surface area contributed by atoms with Gasteiger partial charge in [0, 0.05) is 7.11 Å². The molecule has 1 unspecified atom stereocenters. The number of hydrogen-bond donors (Lipinski definition) is 0. The molecule has 0 radical (unpaired) electrons. The van der Waals surface area contributed by atoms with Gasteiger partial charge >= 0.3 is 5.97 Å². The van der Waals surface area contributed by atoms with Crippen molar-refractivity contribution in [3.8, 4) is 0 Å². The molecule has 0 spiro atoms. The smallest absolute Gasteiger partial charge is 0.308 e. The minimum Gasteiger partial charge on any atom is -0.466 e. The Morgan fingerprint density at radius 1 is 1.26 bits per heavy atom. The number of likely N-dealkylation sites (N-methyl/N-ethyl adjacent to an activating group) is 1. The maximum absolute atomic E-state index is 11.9. The first-order valence-electron chi connectivity index (χ1n) is 6.44. The second kappa shape index (κ2) is 7.26. The number of ether oxygens (including phenoxy) is 2. The lowest BCUT2D eigenvalue weighted by Gasteiger charge is -2.39. The fourth-order valence-corrected chi connectivity index (χ4v) is 2.22. The molecule has 4 nitrogen and oxygen atoms in total. The van der Waals surface area contributed by atoms with Crippen LogP contribution in [0.3, 0.4) is 0 Å². The van der Waals surface area contributed by atoms with E-state index in [9.17, 15) is 4.79 Å². The van der Waals surface area contributed by atoms with E-state index in [1.165, 1.54) is 0 Å². The number of esters is 1. The third kappa shape index (κ3) is 3.78. The topological polar surface area (TPSA) is 38.8 Å². The van der Waals surface area contributed by atoms with E-state index < -0.39 is 5.54 Å². The molecule has 0 fully saturated rings. The third-order valence-electron chi connectivity index (χ3n) is 3.29. The van der Waals surface area contributed by atoms with Crippen LogP contribution < -0.4 is 0 Å². The summed E-state index contributed by atoms with van der Waals surface area (Å²) in [6.45, 7) is 2.64. The molecule has 0 aliphatic carbocycles. The Kier molecular flexibility index (Phi) is 5.99. The Hall–Kier alpha value is -1.39. The van der Waals surface area contributed by atoms with Gasteiger partial charge in [0.2, 0.25) is 0 Å². The molecule has 0 saturated heterocycles. The van der Waals surface area contributed by atoms with Gasteiger partial charge in [-0.1, -0.05) is 30.3 Å². The Morgan fingerprint density at radius 2 is 1.89 bits per heavy atom. The molecule has 19 heavy (non-hydrogen) atoms. The Labute approximate surface area is 115 Å². The first kappa shape index (κ1) is 15.7. The summed E-state index contributed by atoms with van der Waals surface area (Å²) < 4.78 is 10.4. The van der Waals surface area contributed by atoms with E-state index in [-0.39, 0.29) is 12.4 Å². The zero-order chi connectivity index (χ0) is 14.3. The van der Waals surface area contributed by atoms with Gasteiger partial charge in [0.05, 0.1) is 25.2 Å². The number of benzene rings is 1. The summed E-state index contributed by atoms with van der Waals surface area (Å²) in [6.07, 6.45) is 0.270. The van der Waals surface area contributed by atoms with Gasteiger partial charge in [-0.05, 0) is 26.6 Å². The minimum atomic E-state index is -0.498. The van der Waals surface area contributed by atoms with Crippen LogP contribution in [0.4, 0.5) is 0 Å². The fourth-order valence-electron chi connectivity index (χ4n) is 2.22. The van der Waals surface area contributed by atoms with Crippen molar-refractivity contribution in [1.29, 1.82) is 0 Å². The summed E-state index contributed by atoms with van der Waals surface area (Å²) in [6, 6.07) is 9.92. The van der Waals surface area contributed by atoms with Crippen molar-refractivity contribution in [1.82, 2.24) is 4.90 Å². The summed E-state index contributed by atoms with van der Waals surface area (Å²) in [5.41, 5.74) is 0.553. The van der Waals surface area contributed by atoms with Crippen molar-refractivity contribution in [2.24, 2.45) is 0 Å². The molecule has 0 aliphatic rings. The van der Waals surface area contributed by atoms with Gasteiger partial charge in [0.15, 0.2) is 0 Å². The largest absolute Gasteiger partial charge is 0.466 e. The van der Waals surface area contributed by atoms with Crippen LogP contribution >= 0.6 is 0 Å². The molecule has 4 heteroatoms. The number of rotatable bonds is 7. The lowest BCUT2D eigenvalue weighted by atomic mass is 9.86. The number of nitrogens with zero attached hydrogens (tertiary/aromatic N) is 1. The molecule has 1 rings (SSSR count). The molecule has 106 valence electrons. The SMILES string of the molecule is CCOC(=O)CC(COC)(c1ccccc1)N(C)C. The van der Waals surface area contributed by atoms with E-state index in [1.807, 2.05) is 56.3 Å². The van der Waals surface area contributed by atoms with Crippen LogP contribution in [-0.2, 0) is 19.8 Å². The quantitative estimate of drug-likeness (QED) is 0.707. The maximum atomic E-state index is 11.9. The maximum Gasteiger partial charge on any atom is 0.308 e. The lowest BCUT2D eigenvalue weighted by Crippen LogP contribution is -2.47. The van der Waals surface area contributed by atoms with E-state index in [1.54, 1.807) is 7.11 Å². The second-order valence-electron chi connectivity index (χ2n) is 4.71. The fraction of sp³-hybridized carbons (Fsp3) is 0.533. The monoisotopic (exact) mass is 265 g/mol. The van der Waals surface area contributed by atoms with Crippen molar-refractivity contribution < 1.29 is 14.3 Å². The van der Waals surface area contributed by atoms with E-state index in [0.717, 1.165) is 5.56 Å². The number of methoxy groups -OCH3 is 1. The highest BCUT2D eigenvalue weighted by Crippen LogP contribution is 2.31. The van der Waals surface area contributed by atoms with Crippen molar-refractivity contribution in [3.05, 3.63) is 35.9 Å². The van der Waals surface area contributed by atoms with Gasteiger partial charge in [-0.15, -0.1) is 0 Å². The van der Waals surface area contributed by atoms with Crippen molar-refractivity contribution in [2.45, 2.75) is 18.9 Å². The number of carbonyl (C=O) groups is 1. The van der Waals surface area contributed by atoms with E-state index in [4.69, 9.17) is 9.47 Å². The van der Waals surface area contributed by atoms with Crippen LogP contribution in [0.5, 0.6) is 0 Å². The molecule has 0 aromatic heterocycles. The highest BCUT2D eigenvalue weighted by atomic mass is 16.5. The number of carbonyl (C=O) groups excluding carboxylic acids is 1. The standard InChI is InChI=1S/C15H23NO3/c1-5-19-14(17)11-15(12-18-4,16(2)3)13-9-7-6-8-10-13/h6-10H,5,11-12H2,1-4H3. The zero-order valence-electron chi connectivity index (χ0n) is 12.2. The Morgan fingerprint density at radius 3 is 2.37 bits per heavy atom. The molecular weight excluding hydrogens is 242 g/mol. The summed E-state index contributed by atoms with van der Waals surface area (Å²) in [5, 5.41) is 0. The first-order valence-corrected chi connectivity index (χ1v) is 6.44. The summed E-state index contributed by atoms with van der Waals surface area (Å²) in [4.78, 5) is 13.9. The Balaban J connectivity index is 3.11. The molecule has 0 bridgehead atoms. The minimum absolute atomic E-state index is 0.211. The average molecular weight is 265 g/mol. The summed E-state index contributed by atoms with van der Waals surface area (Å²) >= 11 is 0. The summed E-state index contributed by atoms with van der Waals surface area (Å²) in [7, 11) is 5.54. The highest BCUT2D eigenvalue weighted by molar-refractivity contribution is 5.71. The zero-order valence-corrected chi connectivity index (χ0v) is 12.2. The van der Waals surface area contributed by atoms with Crippen LogP contribution in [0, 0.1) is 0 Å². The van der Waals surface area contributed by atoms with Crippen LogP contribution in [0.1, 0.15) is 18.9 Å². The predicted octanol–water partition coefficient (Wildman–Crippen LogP) is 2.04. The van der Waals surface area contributed by atoms with Crippen LogP contribution in [0.25, 0.3) is 0 Å². The highest BCUT2D eigenvalue weighted by Gasteiger charge is 2.37. The van der Waals surface area contributed by atoms with Gasteiger partial charge in [0.25, 0.3) is 0 Å². The van der Waals surface area contributed by atoms with Crippen LogP contribution in [0.2, 0.25) is 0 Å².